The fraction of sp³-hybridized carbons (Fsp3) is 0.0667. The van der Waals surface area contributed by atoms with Gasteiger partial charge in [-0.25, -0.2) is 5.43 Å². The van der Waals surface area contributed by atoms with Crippen LogP contribution < -0.4 is 5.43 Å². The summed E-state index contributed by atoms with van der Waals surface area (Å²) in [6.45, 7) is 1.60. The van der Waals surface area contributed by atoms with Gasteiger partial charge in [0.1, 0.15) is 17.1 Å². The van der Waals surface area contributed by atoms with Crippen molar-refractivity contribution in [2.75, 3.05) is 0 Å². The van der Waals surface area contributed by atoms with E-state index in [1.807, 2.05) is 18.2 Å². The number of oxime groups is 1. The lowest BCUT2D eigenvalue weighted by Gasteiger charge is -2.05. The molecule has 0 saturated heterocycles. The van der Waals surface area contributed by atoms with Gasteiger partial charge in [0.2, 0.25) is 0 Å². The van der Waals surface area contributed by atoms with E-state index in [1.165, 1.54) is 6.20 Å². The lowest BCUT2D eigenvalue weighted by atomic mass is 10.1. The van der Waals surface area contributed by atoms with E-state index in [-0.39, 0.29) is 5.69 Å². The number of nitrogens with zero attached hydrogens (tertiary/aromatic N) is 3. The smallest absolute Gasteiger partial charge is 0.289 e. The standard InChI is InChI=1S/C15H14N4O2/c1-11(19-21)14(12-7-3-2-4-8-12)17-18-15(20)13-9-5-6-10-16-13/h2-10,21H,1H3,(H,18,20)/b17-14+,19-11-. The van der Waals surface area contributed by atoms with Crippen LogP contribution in [0.25, 0.3) is 0 Å². The molecule has 1 aromatic heterocycles. The highest BCUT2D eigenvalue weighted by Crippen LogP contribution is 2.03. The number of carbonyl (C=O) groups excluding carboxylic acids is 1. The van der Waals surface area contributed by atoms with Crippen LogP contribution in [-0.2, 0) is 0 Å². The maximum Gasteiger partial charge on any atom is 0.289 e. The minimum absolute atomic E-state index is 0.257. The Morgan fingerprint density at radius 2 is 1.86 bits per heavy atom. The summed E-state index contributed by atoms with van der Waals surface area (Å²) in [4.78, 5) is 15.8. The molecule has 2 aromatic rings. The molecule has 0 fully saturated rings. The Kier molecular flexibility index (Phi) is 4.76. The molecule has 6 nitrogen and oxygen atoms in total. The van der Waals surface area contributed by atoms with E-state index < -0.39 is 5.91 Å². The van der Waals surface area contributed by atoms with Crippen LogP contribution in [-0.4, -0.2) is 27.5 Å². The lowest BCUT2D eigenvalue weighted by Crippen LogP contribution is -2.23. The SMILES string of the molecule is CC(=N/O)/C(=N\NC(=O)c1ccccn1)c1ccccc1. The number of aromatic nitrogens is 1. The molecule has 1 amide bonds. The lowest BCUT2D eigenvalue weighted by molar-refractivity contribution is 0.0950. The van der Waals surface area contributed by atoms with Gasteiger partial charge in [0.25, 0.3) is 5.91 Å². The Labute approximate surface area is 121 Å². The summed E-state index contributed by atoms with van der Waals surface area (Å²) in [5, 5.41) is 16.1. The van der Waals surface area contributed by atoms with Gasteiger partial charge in [0.05, 0.1) is 0 Å². The van der Waals surface area contributed by atoms with Crippen LogP contribution in [0, 0.1) is 0 Å². The Morgan fingerprint density at radius 3 is 2.48 bits per heavy atom. The Morgan fingerprint density at radius 1 is 1.14 bits per heavy atom. The van der Waals surface area contributed by atoms with Crippen molar-refractivity contribution in [1.82, 2.24) is 10.4 Å². The van der Waals surface area contributed by atoms with Crippen molar-refractivity contribution < 1.29 is 10.0 Å². The predicted molar refractivity (Wildman–Crippen MR) is 79.6 cm³/mol. The summed E-state index contributed by atoms with van der Waals surface area (Å²) in [5.41, 5.74) is 4.07. The largest absolute Gasteiger partial charge is 0.411 e. The summed E-state index contributed by atoms with van der Waals surface area (Å²) in [6.07, 6.45) is 1.52. The van der Waals surface area contributed by atoms with Crippen LogP contribution in [0.2, 0.25) is 0 Å². The number of amides is 1. The highest BCUT2D eigenvalue weighted by Gasteiger charge is 2.10. The monoisotopic (exact) mass is 282 g/mol. The van der Waals surface area contributed by atoms with E-state index in [0.29, 0.717) is 11.4 Å². The number of hydrogen-bond acceptors (Lipinski definition) is 5. The van der Waals surface area contributed by atoms with E-state index in [0.717, 1.165) is 5.56 Å². The Hall–Kier alpha value is -3.02. The van der Waals surface area contributed by atoms with E-state index in [2.05, 4.69) is 20.7 Å². The van der Waals surface area contributed by atoms with Crippen LogP contribution >= 0.6 is 0 Å². The highest BCUT2D eigenvalue weighted by molar-refractivity contribution is 6.47. The molecule has 0 unspecified atom stereocenters. The second-order valence-electron chi connectivity index (χ2n) is 4.17. The molecule has 0 atom stereocenters. The Bertz CT molecular complexity index is 667. The van der Waals surface area contributed by atoms with Crippen LogP contribution in [0.4, 0.5) is 0 Å². The number of pyridine rings is 1. The van der Waals surface area contributed by atoms with Crippen molar-refractivity contribution in [3.8, 4) is 0 Å². The van der Waals surface area contributed by atoms with Gasteiger partial charge in [-0.2, -0.15) is 5.10 Å². The van der Waals surface area contributed by atoms with Gasteiger partial charge < -0.3 is 5.21 Å². The number of rotatable bonds is 4. The average Bonchev–Trinajstić information content (AvgIpc) is 2.56. The maximum atomic E-state index is 11.9. The summed E-state index contributed by atoms with van der Waals surface area (Å²) in [6, 6.07) is 14.1. The molecule has 106 valence electrons. The van der Waals surface area contributed by atoms with Crippen molar-refractivity contribution in [2.24, 2.45) is 10.3 Å². The number of nitrogens with one attached hydrogen (secondary N) is 1. The number of benzene rings is 1. The van der Waals surface area contributed by atoms with Gasteiger partial charge in [-0.3, -0.25) is 9.78 Å². The molecule has 1 aromatic carbocycles. The second kappa shape index (κ2) is 6.95. The number of hydrogen-bond donors (Lipinski definition) is 2. The molecule has 0 aliphatic rings. The van der Waals surface area contributed by atoms with Gasteiger partial charge in [-0.05, 0) is 19.1 Å². The first-order valence-corrected chi connectivity index (χ1v) is 6.26. The molecular weight excluding hydrogens is 268 g/mol. The maximum absolute atomic E-state index is 11.9. The minimum Gasteiger partial charge on any atom is -0.411 e. The zero-order chi connectivity index (χ0) is 15.1. The van der Waals surface area contributed by atoms with Crippen LogP contribution in [0.15, 0.2) is 65.0 Å². The fourth-order valence-corrected chi connectivity index (χ4v) is 1.66. The molecule has 2 rings (SSSR count). The van der Waals surface area contributed by atoms with Crippen molar-refractivity contribution in [3.63, 3.8) is 0 Å². The molecule has 1 heterocycles. The van der Waals surface area contributed by atoms with Crippen molar-refractivity contribution in [1.29, 1.82) is 0 Å². The molecule has 2 N–H and O–H groups in total. The number of carbonyl (C=O) groups is 1. The van der Waals surface area contributed by atoms with E-state index >= 15 is 0 Å². The minimum atomic E-state index is -0.435. The van der Waals surface area contributed by atoms with Crippen molar-refractivity contribution in [3.05, 3.63) is 66.0 Å². The summed E-state index contributed by atoms with van der Waals surface area (Å²) in [7, 11) is 0. The van der Waals surface area contributed by atoms with E-state index in [1.54, 1.807) is 37.3 Å². The third-order valence-electron chi connectivity index (χ3n) is 2.71. The van der Waals surface area contributed by atoms with Gasteiger partial charge >= 0.3 is 0 Å². The summed E-state index contributed by atoms with van der Waals surface area (Å²) < 4.78 is 0. The van der Waals surface area contributed by atoms with Crippen LogP contribution in [0.5, 0.6) is 0 Å². The molecule has 0 saturated carbocycles. The highest BCUT2D eigenvalue weighted by atomic mass is 16.4. The van der Waals surface area contributed by atoms with Crippen LogP contribution in [0.1, 0.15) is 23.0 Å². The summed E-state index contributed by atoms with van der Waals surface area (Å²) in [5.74, 6) is -0.435. The Balaban J connectivity index is 2.24. The quantitative estimate of drug-likeness (QED) is 0.511. The first-order chi connectivity index (χ1) is 10.2. The van der Waals surface area contributed by atoms with Crippen molar-refractivity contribution >= 4 is 17.3 Å². The van der Waals surface area contributed by atoms with Gasteiger partial charge in [-0.1, -0.05) is 41.6 Å². The van der Waals surface area contributed by atoms with E-state index in [4.69, 9.17) is 5.21 Å². The first kappa shape index (κ1) is 14.4. The summed E-state index contributed by atoms with van der Waals surface area (Å²) >= 11 is 0. The molecular formula is C15H14N4O2. The average molecular weight is 282 g/mol. The normalized spacial score (nSPS) is 12.0. The topological polar surface area (TPSA) is 86.9 Å². The molecule has 0 spiro atoms. The molecule has 6 heteroatoms. The zero-order valence-corrected chi connectivity index (χ0v) is 11.4. The van der Waals surface area contributed by atoms with Gasteiger partial charge in [-0.15, -0.1) is 0 Å². The second-order valence-corrected chi connectivity index (χ2v) is 4.17. The van der Waals surface area contributed by atoms with Crippen molar-refractivity contribution in [2.45, 2.75) is 6.92 Å². The predicted octanol–water partition coefficient (Wildman–Crippen LogP) is 2.07. The van der Waals surface area contributed by atoms with Gasteiger partial charge in [0.15, 0.2) is 0 Å². The molecule has 21 heavy (non-hydrogen) atoms. The van der Waals surface area contributed by atoms with Crippen LogP contribution in [0.3, 0.4) is 0 Å². The number of hydrazone groups is 1. The molecule has 0 radical (unpaired) electrons. The fourth-order valence-electron chi connectivity index (χ4n) is 1.66. The molecule has 0 aliphatic carbocycles. The molecule has 0 bridgehead atoms. The third-order valence-corrected chi connectivity index (χ3v) is 2.71. The van der Waals surface area contributed by atoms with E-state index in [9.17, 15) is 4.79 Å². The van der Waals surface area contributed by atoms with Gasteiger partial charge in [0, 0.05) is 11.8 Å². The molecule has 0 aliphatic heterocycles. The first-order valence-electron chi connectivity index (χ1n) is 6.26. The third kappa shape index (κ3) is 3.73. The zero-order valence-electron chi connectivity index (χ0n) is 11.4.